The molecule has 9 nitrogen and oxygen atoms in total. The Labute approximate surface area is 124 Å². The minimum Gasteiger partial charge on any atom is -0.434 e. The molecular weight excluding hydrogens is 290 g/mol. The van der Waals surface area contributed by atoms with Gasteiger partial charge in [-0.2, -0.15) is 4.98 Å². The third kappa shape index (κ3) is 2.51. The molecule has 2 heterocycles. The summed E-state index contributed by atoms with van der Waals surface area (Å²) in [5.74, 6) is 0.979. The molecule has 3 rings (SSSR count). The Morgan fingerprint density at radius 3 is 2.91 bits per heavy atom. The largest absolute Gasteiger partial charge is 0.434 e. The van der Waals surface area contributed by atoms with Crippen LogP contribution in [0.3, 0.4) is 0 Å². The summed E-state index contributed by atoms with van der Waals surface area (Å²) in [6.07, 6.45) is 1.32. The molecule has 2 aromatic heterocycles. The van der Waals surface area contributed by atoms with Crippen molar-refractivity contribution in [3.05, 3.63) is 46.6 Å². The number of hydrogen-bond donors (Lipinski definition) is 0. The SMILES string of the molecule is Cc1nc(-c2cccc(Oc3c([N+](=O)[O-])ncn3C)c2)no1. The summed E-state index contributed by atoms with van der Waals surface area (Å²) in [7, 11) is 1.61. The number of nitrogens with zero attached hydrogens (tertiary/aromatic N) is 5. The fraction of sp³-hybridized carbons (Fsp3) is 0.154. The molecule has 22 heavy (non-hydrogen) atoms. The lowest BCUT2D eigenvalue weighted by Gasteiger charge is -2.06. The van der Waals surface area contributed by atoms with Crippen molar-refractivity contribution < 1.29 is 14.2 Å². The maximum atomic E-state index is 10.9. The second-order valence-electron chi connectivity index (χ2n) is 4.51. The second kappa shape index (κ2) is 5.28. The average molecular weight is 301 g/mol. The Kier molecular flexibility index (Phi) is 3.30. The number of ether oxygens (including phenoxy) is 1. The standard InChI is InChI=1S/C13H11N5O4/c1-8-15-11(16-22-8)9-4-3-5-10(6-9)21-13-12(18(19)20)14-7-17(13)2/h3-7H,1-2H3. The van der Waals surface area contributed by atoms with Crippen LogP contribution in [0.4, 0.5) is 5.82 Å². The quantitative estimate of drug-likeness (QED) is 0.537. The van der Waals surface area contributed by atoms with Crippen molar-refractivity contribution in [2.75, 3.05) is 0 Å². The van der Waals surface area contributed by atoms with E-state index in [2.05, 4.69) is 15.1 Å². The zero-order valence-corrected chi connectivity index (χ0v) is 11.8. The Balaban J connectivity index is 1.94. The molecule has 9 heteroatoms. The molecule has 3 aromatic rings. The highest BCUT2D eigenvalue weighted by atomic mass is 16.6. The first-order valence-electron chi connectivity index (χ1n) is 6.29. The molecular formula is C13H11N5O4. The number of benzene rings is 1. The molecule has 0 amide bonds. The zero-order valence-electron chi connectivity index (χ0n) is 11.8. The summed E-state index contributed by atoms with van der Waals surface area (Å²) in [4.78, 5) is 18.2. The fourth-order valence-electron chi connectivity index (χ4n) is 1.88. The molecule has 0 spiro atoms. The molecule has 0 atom stereocenters. The van der Waals surface area contributed by atoms with Gasteiger partial charge in [-0.1, -0.05) is 17.3 Å². The van der Waals surface area contributed by atoms with E-state index in [0.717, 1.165) is 0 Å². The molecule has 0 fully saturated rings. The minimum absolute atomic E-state index is 0.0476. The predicted molar refractivity (Wildman–Crippen MR) is 74.4 cm³/mol. The van der Waals surface area contributed by atoms with Crippen molar-refractivity contribution in [2.24, 2.45) is 7.05 Å². The van der Waals surface area contributed by atoms with Gasteiger partial charge in [-0.3, -0.25) is 4.57 Å². The summed E-state index contributed by atoms with van der Waals surface area (Å²) in [6, 6.07) is 6.86. The van der Waals surface area contributed by atoms with E-state index >= 15 is 0 Å². The van der Waals surface area contributed by atoms with Gasteiger partial charge in [0.05, 0.1) is 0 Å². The van der Waals surface area contributed by atoms with Crippen LogP contribution in [0, 0.1) is 17.0 Å². The van der Waals surface area contributed by atoms with Crippen LogP contribution in [0.5, 0.6) is 11.6 Å². The van der Waals surface area contributed by atoms with Gasteiger partial charge >= 0.3 is 11.7 Å². The predicted octanol–water partition coefficient (Wildman–Crippen LogP) is 2.48. The van der Waals surface area contributed by atoms with Gasteiger partial charge in [-0.25, -0.2) is 0 Å². The van der Waals surface area contributed by atoms with Crippen molar-refractivity contribution in [1.82, 2.24) is 19.7 Å². The molecule has 0 saturated carbocycles. The van der Waals surface area contributed by atoms with Crippen LogP contribution in [0.15, 0.2) is 35.1 Å². The van der Waals surface area contributed by atoms with E-state index in [1.54, 1.807) is 38.2 Å². The first-order valence-corrected chi connectivity index (χ1v) is 6.29. The third-order valence-electron chi connectivity index (χ3n) is 2.87. The van der Waals surface area contributed by atoms with Gasteiger partial charge in [-0.05, 0) is 22.0 Å². The van der Waals surface area contributed by atoms with Gasteiger partial charge in [0.25, 0.3) is 0 Å². The minimum atomic E-state index is -0.596. The smallest absolute Gasteiger partial charge is 0.427 e. The van der Waals surface area contributed by atoms with Crippen LogP contribution < -0.4 is 4.74 Å². The molecule has 0 saturated heterocycles. The highest BCUT2D eigenvalue weighted by Crippen LogP contribution is 2.31. The molecule has 0 unspecified atom stereocenters. The zero-order chi connectivity index (χ0) is 15.7. The van der Waals surface area contributed by atoms with E-state index in [0.29, 0.717) is 23.0 Å². The van der Waals surface area contributed by atoms with Gasteiger partial charge in [-0.15, -0.1) is 0 Å². The number of aromatic nitrogens is 4. The molecule has 1 aromatic carbocycles. The Hall–Kier alpha value is -3.23. The Bertz CT molecular complexity index is 839. The van der Waals surface area contributed by atoms with Crippen LogP contribution in [-0.2, 0) is 7.05 Å². The van der Waals surface area contributed by atoms with E-state index < -0.39 is 4.92 Å². The number of imidazole rings is 1. The summed E-state index contributed by atoms with van der Waals surface area (Å²) in [5.41, 5.74) is 0.680. The second-order valence-corrected chi connectivity index (χ2v) is 4.51. The van der Waals surface area contributed by atoms with Gasteiger partial charge in [0.2, 0.25) is 18.0 Å². The van der Waals surface area contributed by atoms with Crippen LogP contribution in [0.1, 0.15) is 5.89 Å². The highest BCUT2D eigenvalue weighted by Gasteiger charge is 2.22. The fourth-order valence-corrected chi connectivity index (χ4v) is 1.88. The lowest BCUT2D eigenvalue weighted by atomic mass is 10.2. The van der Waals surface area contributed by atoms with E-state index in [1.807, 2.05) is 0 Å². The van der Waals surface area contributed by atoms with Crippen molar-refractivity contribution in [3.8, 4) is 23.0 Å². The van der Waals surface area contributed by atoms with Gasteiger partial charge in [0.1, 0.15) is 5.75 Å². The molecule has 0 bridgehead atoms. The van der Waals surface area contributed by atoms with Crippen LogP contribution in [0.25, 0.3) is 11.4 Å². The van der Waals surface area contributed by atoms with Crippen LogP contribution >= 0.6 is 0 Å². The van der Waals surface area contributed by atoms with Gasteiger partial charge < -0.3 is 19.4 Å². The van der Waals surface area contributed by atoms with Gasteiger partial charge in [0.15, 0.2) is 0 Å². The first kappa shape index (κ1) is 13.7. The first-order chi connectivity index (χ1) is 10.5. The molecule has 0 aliphatic rings. The highest BCUT2D eigenvalue weighted by molar-refractivity contribution is 5.57. The van der Waals surface area contributed by atoms with Crippen molar-refractivity contribution in [2.45, 2.75) is 6.92 Å². The number of hydrogen-bond acceptors (Lipinski definition) is 7. The van der Waals surface area contributed by atoms with E-state index in [1.165, 1.54) is 10.9 Å². The number of nitro groups is 1. The summed E-state index contributed by atoms with van der Waals surface area (Å²) < 4.78 is 11.9. The van der Waals surface area contributed by atoms with Crippen molar-refractivity contribution in [1.29, 1.82) is 0 Å². The topological polar surface area (TPSA) is 109 Å². The molecule has 112 valence electrons. The monoisotopic (exact) mass is 301 g/mol. The van der Waals surface area contributed by atoms with Crippen LogP contribution in [-0.4, -0.2) is 24.6 Å². The van der Waals surface area contributed by atoms with E-state index in [-0.39, 0.29) is 11.7 Å². The third-order valence-corrected chi connectivity index (χ3v) is 2.87. The lowest BCUT2D eigenvalue weighted by Crippen LogP contribution is -1.96. The number of rotatable bonds is 4. The van der Waals surface area contributed by atoms with Crippen molar-refractivity contribution >= 4 is 5.82 Å². The molecule has 0 radical (unpaired) electrons. The molecule has 0 aliphatic heterocycles. The van der Waals surface area contributed by atoms with Crippen molar-refractivity contribution in [3.63, 3.8) is 0 Å². The molecule has 0 N–H and O–H groups in total. The molecule has 0 aliphatic carbocycles. The summed E-state index contributed by atoms with van der Waals surface area (Å²) in [6.45, 7) is 1.69. The van der Waals surface area contributed by atoms with E-state index in [9.17, 15) is 10.1 Å². The Morgan fingerprint density at radius 2 is 2.23 bits per heavy atom. The maximum absolute atomic E-state index is 10.9. The van der Waals surface area contributed by atoms with Crippen LogP contribution in [0.2, 0.25) is 0 Å². The Morgan fingerprint density at radius 1 is 1.41 bits per heavy atom. The number of aryl methyl sites for hydroxylation is 2. The lowest BCUT2D eigenvalue weighted by molar-refractivity contribution is -0.390. The summed E-state index contributed by atoms with van der Waals surface area (Å²) in [5, 5.41) is 14.8. The average Bonchev–Trinajstić information content (AvgIpc) is 3.07. The summed E-state index contributed by atoms with van der Waals surface area (Å²) >= 11 is 0. The normalized spacial score (nSPS) is 10.6. The maximum Gasteiger partial charge on any atom is 0.427 e. The van der Waals surface area contributed by atoms with Gasteiger partial charge in [0, 0.05) is 19.5 Å². The van der Waals surface area contributed by atoms with E-state index in [4.69, 9.17) is 9.26 Å².